The molecule has 90 valence electrons. The maximum Gasteiger partial charge on any atom is 1.00 e. The van der Waals surface area contributed by atoms with Crippen LogP contribution in [0.5, 0.6) is 0 Å². The summed E-state index contributed by atoms with van der Waals surface area (Å²) >= 11 is 0. The molecular formula is C9H19NO4S. The SMILES string of the molecule is NCC1(COS(=O)(=O)[O-])CCCCCC1.[H+]. The van der Waals surface area contributed by atoms with Gasteiger partial charge in [0.05, 0.1) is 6.61 Å². The summed E-state index contributed by atoms with van der Waals surface area (Å²) in [6.45, 7) is 0.317. The van der Waals surface area contributed by atoms with Crippen molar-refractivity contribution in [2.45, 2.75) is 38.5 Å². The van der Waals surface area contributed by atoms with Crippen molar-refractivity contribution >= 4 is 10.4 Å². The van der Waals surface area contributed by atoms with Gasteiger partial charge < -0.3 is 10.3 Å². The molecule has 0 aromatic rings. The Hall–Kier alpha value is -0.170. The molecule has 1 rings (SSSR count). The fourth-order valence-electron chi connectivity index (χ4n) is 2.08. The van der Waals surface area contributed by atoms with Crippen LogP contribution in [0.25, 0.3) is 0 Å². The van der Waals surface area contributed by atoms with Crippen molar-refractivity contribution in [2.75, 3.05) is 13.2 Å². The third-order valence-electron chi connectivity index (χ3n) is 3.11. The van der Waals surface area contributed by atoms with Gasteiger partial charge in [0.1, 0.15) is 0 Å². The Balaban J connectivity index is 0.00000225. The van der Waals surface area contributed by atoms with Gasteiger partial charge in [0, 0.05) is 12.0 Å². The molecule has 0 amide bonds. The summed E-state index contributed by atoms with van der Waals surface area (Å²) in [5, 5.41) is 0. The highest BCUT2D eigenvalue weighted by atomic mass is 32.3. The summed E-state index contributed by atoms with van der Waals surface area (Å²) in [6.07, 6.45) is 6.04. The third kappa shape index (κ3) is 4.46. The molecule has 0 unspecified atom stereocenters. The van der Waals surface area contributed by atoms with Crippen LogP contribution < -0.4 is 5.73 Å². The van der Waals surface area contributed by atoms with Crippen molar-refractivity contribution in [3.8, 4) is 0 Å². The lowest BCUT2D eigenvalue weighted by Crippen LogP contribution is -2.35. The highest BCUT2D eigenvalue weighted by Crippen LogP contribution is 2.34. The first-order chi connectivity index (χ1) is 6.97. The van der Waals surface area contributed by atoms with Gasteiger partial charge >= 0.3 is 1.43 Å². The largest absolute Gasteiger partial charge is 1.00 e. The van der Waals surface area contributed by atoms with Crippen LogP contribution in [-0.2, 0) is 14.6 Å². The van der Waals surface area contributed by atoms with Crippen molar-refractivity contribution in [3.63, 3.8) is 0 Å². The topological polar surface area (TPSA) is 92.5 Å². The molecule has 0 aromatic carbocycles. The lowest BCUT2D eigenvalue weighted by Gasteiger charge is -2.31. The van der Waals surface area contributed by atoms with E-state index in [0.717, 1.165) is 38.5 Å². The summed E-state index contributed by atoms with van der Waals surface area (Å²) in [4.78, 5) is 0. The van der Waals surface area contributed by atoms with E-state index in [0.29, 0.717) is 6.54 Å². The van der Waals surface area contributed by atoms with Crippen LogP contribution in [0.15, 0.2) is 0 Å². The fraction of sp³-hybridized carbons (Fsp3) is 1.00. The molecule has 1 saturated carbocycles. The van der Waals surface area contributed by atoms with Gasteiger partial charge in [-0.05, 0) is 12.8 Å². The molecule has 0 atom stereocenters. The smallest absolute Gasteiger partial charge is 0.726 e. The van der Waals surface area contributed by atoms with E-state index in [4.69, 9.17) is 5.73 Å². The Kier molecular flexibility index (Phi) is 4.51. The predicted molar refractivity (Wildman–Crippen MR) is 56.0 cm³/mol. The number of hydrogen-bond acceptors (Lipinski definition) is 5. The van der Waals surface area contributed by atoms with E-state index in [1.54, 1.807) is 0 Å². The second kappa shape index (κ2) is 5.25. The van der Waals surface area contributed by atoms with Crippen molar-refractivity contribution < 1.29 is 18.6 Å². The zero-order chi connectivity index (χ0) is 11.4. The van der Waals surface area contributed by atoms with E-state index >= 15 is 0 Å². The second-order valence-electron chi connectivity index (χ2n) is 4.29. The standard InChI is InChI=1S/C9H19NO4S/c10-7-9(8-14-15(11,12)13)5-3-1-2-4-6-9/h1-8,10H2,(H,11,12,13). The minimum Gasteiger partial charge on any atom is -0.726 e. The van der Waals surface area contributed by atoms with Gasteiger partial charge in [-0.15, -0.1) is 0 Å². The summed E-state index contributed by atoms with van der Waals surface area (Å²) in [5.41, 5.74) is 5.35. The van der Waals surface area contributed by atoms with Crippen LogP contribution in [0.1, 0.15) is 40.0 Å². The van der Waals surface area contributed by atoms with Crippen LogP contribution in [0.4, 0.5) is 0 Å². The monoisotopic (exact) mass is 237 g/mol. The zero-order valence-corrected chi connectivity index (χ0v) is 9.59. The first-order valence-electron chi connectivity index (χ1n) is 5.28. The van der Waals surface area contributed by atoms with Gasteiger partial charge in [-0.2, -0.15) is 0 Å². The molecule has 15 heavy (non-hydrogen) atoms. The summed E-state index contributed by atoms with van der Waals surface area (Å²) in [7, 11) is -4.59. The third-order valence-corrected chi connectivity index (χ3v) is 3.51. The molecule has 1 fully saturated rings. The molecule has 0 aromatic heterocycles. The first kappa shape index (κ1) is 12.9. The average molecular weight is 237 g/mol. The molecule has 1 aliphatic rings. The van der Waals surface area contributed by atoms with Crippen LogP contribution in [0.3, 0.4) is 0 Å². The fourth-order valence-corrected chi connectivity index (χ4v) is 2.48. The normalized spacial score (nSPS) is 22.3. The summed E-state index contributed by atoms with van der Waals surface area (Å²) in [6, 6.07) is 0. The minimum atomic E-state index is -4.59. The molecule has 0 bridgehead atoms. The van der Waals surface area contributed by atoms with Gasteiger partial charge in [0.2, 0.25) is 10.4 Å². The summed E-state index contributed by atoms with van der Waals surface area (Å²) < 4.78 is 35.6. The molecule has 0 heterocycles. The van der Waals surface area contributed by atoms with E-state index in [1.807, 2.05) is 0 Å². The maximum atomic E-state index is 10.4. The van der Waals surface area contributed by atoms with Crippen molar-refractivity contribution in [1.29, 1.82) is 0 Å². The number of hydrogen-bond donors (Lipinski definition) is 1. The van der Waals surface area contributed by atoms with Gasteiger partial charge in [-0.25, -0.2) is 8.42 Å². The quantitative estimate of drug-likeness (QED) is 0.445. The van der Waals surface area contributed by atoms with Crippen molar-refractivity contribution in [2.24, 2.45) is 11.1 Å². The zero-order valence-electron chi connectivity index (χ0n) is 9.78. The van der Waals surface area contributed by atoms with E-state index in [-0.39, 0.29) is 13.4 Å². The highest BCUT2D eigenvalue weighted by Gasteiger charge is 2.30. The molecule has 0 aliphatic heterocycles. The molecule has 0 radical (unpaired) electrons. The first-order valence-corrected chi connectivity index (χ1v) is 6.61. The van der Waals surface area contributed by atoms with Gasteiger partial charge in [0.15, 0.2) is 0 Å². The molecule has 1 aliphatic carbocycles. The van der Waals surface area contributed by atoms with Gasteiger partial charge in [-0.3, -0.25) is 4.18 Å². The molecule has 2 N–H and O–H groups in total. The Morgan fingerprint density at radius 2 is 1.80 bits per heavy atom. The Morgan fingerprint density at radius 3 is 2.20 bits per heavy atom. The lowest BCUT2D eigenvalue weighted by atomic mass is 9.81. The van der Waals surface area contributed by atoms with Crippen LogP contribution >= 0.6 is 0 Å². The number of nitrogens with two attached hydrogens (primary N) is 1. The molecule has 0 spiro atoms. The second-order valence-corrected chi connectivity index (χ2v) is 5.34. The number of rotatable bonds is 4. The van der Waals surface area contributed by atoms with Crippen LogP contribution in [0.2, 0.25) is 0 Å². The van der Waals surface area contributed by atoms with Crippen LogP contribution in [0, 0.1) is 5.41 Å². The van der Waals surface area contributed by atoms with E-state index < -0.39 is 10.4 Å². The average Bonchev–Trinajstić information content (AvgIpc) is 2.40. The Bertz CT molecular complexity index is 286. The molecule has 0 saturated heterocycles. The molecular weight excluding hydrogens is 218 g/mol. The highest BCUT2D eigenvalue weighted by molar-refractivity contribution is 7.80. The van der Waals surface area contributed by atoms with Crippen molar-refractivity contribution in [1.82, 2.24) is 0 Å². The maximum absolute atomic E-state index is 10.4. The molecule has 5 nitrogen and oxygen atoms in total. The van der Waals surface area contributed by atoms with Crippen molar-refractivity contribution in [3.05, 3.63) is 0 Å². The summed E-state index contributed by atoms with van der Waals surface area (Å²) in [5.74, 6) is 0. The van der Waals surface area contributed by atoms with Gasteiger partial charge in [0.25, 0.3) is 0 Å². The minimum absolute atomic E-state index is 0. The predicted octanol–water partition coefficient (Wildman–Crippen LogP) is 0.875. The van der Waals surface area contributed by atoms with E-state index in [9.17, 15) is 13.0 Å². The Morgan fingerprint density at radius 1 is 1.27 bits per heavy atom. The van der Waals surface area contributed by atoms with Gasteiger partial charge in [-0.1, -0.05) is 25.7 Å². The molecule has 6 heteroatoms. The van der Waals surface area contributed by atoms with E-state index in [1.165, 1.54) is 0 Å². The van der Waals surface area contributed by atoms with E-state index in [2.05, 4.69) is 4.18 Å². The Labute approximate surface area is 92.4 Å². The van der Waals surface area contributed by atoms with Crippen LogP contribution in [-0.4, -0.2) is 26.1 Å². The lowest BCUT2D eigenvalue weighted by molar-refractivity contribution is 0.123.